The number of anilines is 1. The van der Waals surface area contributed by atoms with Crippen molar-refractivity contribution < 1.29 is 14.7 Å². The molecule has 0 radical (unpaired) electrons. The van der Waals surface area contributed by atoms with E-state index < -0.39 is 11.5 Å². The lowest BCUT2D eigenvalue weighted by Gasteiger charge is -2.33. The summed E-state index contributed by atoms with van der Waals surface area (Å²) in [5.41, 5.74) is 0.421. The van der Waals surface area contributed by atoms with Gasteiger partial charge in [-0.15, -0.1) is 0 Å². The summed E-state index contributed by atoms with van der Waals surface area (Å²) in [6.45, 7) is 4.13. The summed E-state index contributed by atoms with van der Waals surface area (Å²) in [6.07, 6.45) is 4.83. The number of aryl methyl sites for hydroxylation is 1. The quantitative estimate of drug-likeness (QED) is 0.887. The number of carbonyl (C=O) groups is 2. The third kappa shape index (κ3) is 2.33. The Kier molecular flexibility index (Phi) is 3.92. The molecule has 1 fully saturated rings. The van der Waals surface area contributed by atoms with Crippen LogP contribution in [0.25, 0.3) is 0 Å². The van der Waals surface area contributed by atoms with Crippen molar-refractivity contribution in [2.24, 2.45) is 0 Å². The van der Waals surface area contributed by atoms with Crippen LogP contribution in [0, 0.1) is 6.92 Å². The largest absolute Gasteiger partial charge is 0.479 e. The fourth-order valence-corrected chi connectivity index (χ4v) is 2.69. The molecule has 0 spiro atoms. The normalized spacial score (nSPS) is 21.8. The van der Waals surface area contributed by atoms with Gasteiger partial charge in [0.05, 0.1) is 11.9 Å². The van der Waals surface area contributed by atoms with E-state index in [1.807, 2.05) is 6.92 Å². The van der Waals surface area contributed by atoms with E-state index in [1.165, 1.54) is 4.90 Å². The number of amides is 2. The van der Waals surface area contributed by atoms with Gasteiger partial charge in [0.25, 0.3) is 0 Å². The first kappa shape index (κ1) is 14.3. The molecule has 20 heavy (non-hydrogen) atoms. The molecule has 0 aliphatic carbocycles. The summed E-state index contributed by atoms with van der Waals surface area (Å²) >= 11 is 0. The number of carbonyl (C=O) groups excluding carboxylic acids is 1. The number of rotatable bonds is 3. The lowest BCUT2D eigenvalue weighted by molar-refractivity contribution is -0.148. The Balaban J connectivity index is 2.21. The zero-order valence-electron chi connectivity index (χ0n) is 11.7. The minimum Gasteiger partial charge on any atom is -0.479 e. The molecular weight excluding hydrogens is 258 g/mol. The lowest BCUT2D eigenvalue weighted by atomic mass is 9.93. The third-order valence-corrected chi connectivity index (χ3v) is 4.00. The lowest BCUT2D eigenvalue weighted by Crippen LogP contribution is -2.54. The molecule has 2 heterocycles. The van der Waals surface area contributed by atoms with Crippen LogP contribution in [0.1, 0.15) is 31.7 Å². The van der Waals surface area contributed by atoms with Gasteiger partial charge in [-0.25, -0.2) is 9.59 Å². The number of nitrogens with zero attached hydrogens (tertiary/aromatic N) is 2. The number of hydrogen-bond donors (Lipinski definition) is 2. The van der Waals surface area contributed by atoms with E-state index in [1.54, 1.807) is 25.4 Å². The highest BCUT2D eigenvalue weighted by molar-refractivity contribution is 5.94. The number of nitrogens with one attached hydrogen (secondary N) is 1. The van der Waals surface area contributed by atoms with Gasteiger partial charge in [0.15, 0.2) is 0 Å². The van der Waals surface area contributed by atoms with Crippen molar-refractivity contribution in [2.75, 3.05) is 11.9 Å². The average Bonchev–Trinajstić information content (AvgIpc) is 2.86. The molecule has 2 N–H and O–H groups in total. The predicted molar refractivity (Wildman–Crippen MR) is 74.6 cm³/mol. The fraction of sp³-hybridized carbons (Fsp3) is 0.500. The van der Waals surface area contributed by atoms with E-state index in [9.17, 15) is 14.7 Å². The molecule has 1 atom stereocenters. The van der Waals surface area contributed by atoms with E-state index in [-0.39, 0.29) is 6.03 Å². The molecule has 6 heteroatoms. The second-order valence-electron chi connectivity index (χ2n) is 5.07. The number of aliphatic carboxylic acids is 1. The van der Waals surface area contributed by atoms with Gasteiger partial charge in [0, 0.05) is 12.7 Å². The van der Waals surface area contributed by atoms with Gasteiger partial charge in [-0.05, 0) is 37.8 Å². The third-order valence-electron chi connectivity index (χ3n) is 4.00. The summed E-state index contributed by atoms with van der Waals surface area (Å²) in [7, 11) is 0. The maximum Gasteiger partial charge on any atom is 0.329 e. The summed E-state index contributed by atoms with van der Waals surface area (Å²) in [5.74, 6) is -0.935. The minimum atomic E-state index is -1.08. The molecule has 2 amide bonds. The Morgan fingerprint density at radius 2 is 2.30 bits per heavy atom. The zero-order chi connectivity index (χ0) is 14.8. The molecule has 1 unspecified atom stereocenters. The molecule has 1 aliphatic heterocycles. The molecule has 0 saturated carbocycles. The standard InChI is InChI=1S/C14H19N3O3/c1-3-14(12(18)19)6-4-8-17(14)13(20)16-11-9-15-7-5-10(11)2/h5,7,9H,3-4,6,8H2,1-2H3,(H,16,20)(H,18,19). The van der Waals surface area contributed by atoms with Gasteiger partial charge in [-0.2, -0.15) is 0 Å². The Labute approximate surface area is 117 Å². The first-order valence-electron chi connectivity index (χ1n) is 6.74. The number of pyridine rings is 1. The van der Waals surface area contributed by atoms with Crippen LogP contribution < -0.4 is 5.32 Å². The number of carboxylic acids is 1. The number of likely N-dealkylation sites (tertiary alicyclic amines) is 1. The highest BCUT2D eigenvalue weighted by Crippen LogP contribution is 2.33. The number of urea groups is 1. The van der Waals surface area contributed by atoms with Crippen LogP contribution in [0.4, 0.5) is 10.5 Å². The smallest absolute Gasteiger partial charge is 0.329 e. The van der Waals surface area contributed by atoms with Crippen LogP contribution >= 0.6 is 0 Å². The van der Waals surface area contributed by atoms with E-state index in [0.29, 0.717) is 31.5 Å². The van der Waals surface area contributed by atoms with E-state index in [0.717, 1.165) is 5.56 Å². The minimum absolute atomic E-state index is 0.372. The molecule has 108 valence electrons. The molecule has 6 nitrogen and oxygen atoms in total. The van der Waals surface area contributed by atoms with Crippen molar-refractivity contribution >= 4 is 17.7 Å². The van der Waals surface area contributed by atoms with Crippen molar-refractivity contribution in [3.63, 3.8) is 0 Å². The Morgan fingerprint density at radius 3 is 2.90 bits per heavy atom. The Bertz CT molecular complexity index is 532. The molecule has 1 saturated heterocycles. The second-order valence-corrected chi connectivity index (χ2v) is 5.07. The number of carboxylic acid groups (broad SMARTS) is 1. The van der Waals surface area contributed by atoms with E-state index >= 15 is 0 Å². The highest BCUT2D eigenvalue weighted by atomic mass is 16.4. The van der Waals surface area contributed by atoms with Crippen LogP contribution in [0.5, 0.6) is 0 Å². The van der Waals surface area contributed by atoms with Gasteiger partial charge < -0.3 is 15.3 Å². The van der Waals surface area contributed by atoms with Crippen molar-refractivity contribution in [2.45, 2.75) is 38.6 Å². The molecule has 1 aromatic heterocycles. The molecule has 2 rings (SSSR count). The Hall–Kier alpha value is -2.11. The van der Waals surface area contributed by atoms with Crippen molar-refractivity contribution in [3.8, 4) is 0 Å². The first-order chi connectivity index (χ1) is 9.51. The van der Waals surface area contributed by atoms with Crippen molar-refractivity contribution in [1.29, 1.82) is 0 Å². The molecule has 1 aliphatic rings. The van der Waals surface area contributed by atoms with Gasteiger partial charge in [0.1, 0.15) is 5.54 Å². The molecule has 0 aromatic carbocycles. The summed E-state index contributed by atoms with van der Waals surface area (Å²) in [4.78, 5) is 29.3. The van der Waals surface area contributed by atoms with E-state index in [4.69, 9.17) is 0 Å². The van der Waals surface area contributed by atoms with Gasteiger partial charge in [0.2, 0.25) is 0 Å². The average molecular weight is 277 g/mol. The van der Waals surface area contributed by atoms with Crippen molar-refractivity contribution in [3.05, 3.63) is 24.0 Å². The van der Waals surface area contributed by atoms with Crippen LogP contribution in [0.15, 0.2) is 18.5 Å². The summed E-state index contributed by atoms with van der Waals surface area (Å²) in [6, 6.07) is 1.42. The number of hydrogen-bond acceptors (Lipinski definition) is 3. The summed E-state index contributed by atoms with van der Waals surface area (Å²) in [5, 5.41) is 12.2. The maximum atomic E-state index is 12.4. The predicted octanol–water partition coefficient (Wildman–Crippen LogP) is 2.25. The Morgan fingerprint density at radius 1 is 1.55 bits per heavy atom. The number of aromatic nitrogens is 1. The van der Waals surface area contributed by atoms with Crippen LogP contribution in [0.2, 0.25) is 0 Å². The van der Waals surface area contributed by atoms with Gasteiger partial charge in [-0.1, -0.05) is 6.92 Å². The summed E-state index contributed by atoms with van der Waals surface area (Å²) < 4.78 is 0. The van der Waals surface area contributed by atoms with Crippen LogP contribution in [0.3, 0.4) is 0 Å². The molecule has 0 bridgehead atoms. The zero-order valence-corrected chi connectivity index (χ0v) is 11.7. The monoisotopic (exact) mass is 277 g/mol. The fourth-order valence-electron chi connectivity index (χ4n) is 2.69. The van der Waals surface area contributed by atoms with Gasteiger partial charge in [-0.3, -0.25) is 4.98 Å². The van der Waals surface area contributed by atoms with Crippen LogP contribution in [-0.2, 0) is 4.79 Å². The molecular formula is C14H19N3O3. The van der Waals surface area contributed by atoms with Gasteiger partial charge >= 0.3 is 12.0 Å². The highest BCUT2D eigenvalue weighted by Gasteiger charge is 2.48. The SMILES string of the molecule is CCC1(C(=O)O)CCCN1C(=O)Nc1cnccc1C. The first-order valence-corrected chi connectivity index (χ1v) is 6.74. The maximum absolute atomic E-state index is 12.4. The molecule has 1 aromatic rings. The van der Waals surface area contributed by atoms with E-state index in [2.05, 4.69) is 10.3 Å². The van der Waals surface area contributed by atoms with Crippen LogP contribution in [-0.4, -0.2) is 39.1 Å². The van der Waals surface area contributed by atoms with Crippen molar-refractivity contribution in [1.82, 2.24) is 9.88 Å². The second kappa shape index (κ2) is 5.48. The topological polar surface area (TPSA) is 82.5 Å².